The zero-order valence-electron chi connectivity index (χ0n) is 17.4. The summed E-state index contributed by atoms with van der Waals surface area (Å²) in [6.45, 7) is 3.84. The average Bonchev–Trinajstić information content (AvgIpc) is 3.07. The molecule has 2 bridgehead atoms. The second kappa shape index (κ2) is 7.52. The van der Waals surface area contributed by atoms with E-state index in [1.54, 1.807) is 21.0 Å². The molecule has 2 saturated heterocycles. The Kier molecular flexibility index (Phi) is 5.33. The van der Waals surface area contributed by atoms with Gasteiger partial charge in [0, 0.05) is 20.6 Å². The molecule has 3 fully saturated rings. The van der Waals surface area contributed by atoms with Gasteiger partial charge in [-0.2, -0.15) is 0 Å². The standard InChI is InChI=1S/C21H28O8/c1-20(24-4)21(2,25-5)29-18-16(28-20)14-10-15(27-19(14)22)17(18)26-11-12-6-8-13(23-3)9-7-12/h6-9,14-18H,10-11H2,1-5H3/t14-,15+,16-,17-,18+,20+,21+/m1/s1. The minimum Gasteiger partial charge on any atom is -0.497 e. The molecule has 2 heterocycles. The molecule has 0 aromatic heterocycles. The maximum atomic E-state index is 12.4. The van der Waals surface area contributed by atoms with Crippen LogP contribution in [-0.2, 0) is 39.8 Å². The monoisotopic (exact) mass is 408 g/mol. The largest absolute Gasteiger partial charge is 0.497 e. The molecule has 0 radical (unpaired) electrons. The van der Waals surface area contributed by atoms with Crippen molar-refractivity contribution in [1.29, 1.82) is 0 Å². The van der Waals surface area contributed by atoms with Gasteiger partial charge in [-0.3, -0.25) is 4.79 Å². The Morgan fingerprint density at radius 2 is 1.62 bits per heavy atom. The van der Waals surface area contributed by atoms with Gasteiger partial charge in [-0.25, -0.2) is 0 Å². The molecule has 1 saturated carbocycles. The lowest BCUT2D eigenvalue weighted by Gasteiger charge is -2.55. The molecular weight excluding hydrogens is 380 g/mol. The van der Waals surface area contributed by atoms with Gasteiger partial charge >= 0.3 is 5.97 Å². The second-order valence-electron chi connectivity index (χ2n) is 7.91. The van der Waals surface area contributed by atoms with Crippen LogP contribution in [-0.4, -0.2) is 63.3 Å². The van der Waals surface area contributed by atoms with E-state index in [-0.39, 0.29) is 12.1 Å². The minimum atomic E-state index is -1.18. The first-order chi connectivity index (χ1) is 13.8. The molecule has 3 aliphatic rings. The molecule has 8 heteroatoms. The lowest BCUT2D eigenvalue weighted by Crippen LogP contribution is -2.70. The molecule has 0 spiro atoms. The summed E-state index contributed by atoms with van der Waals surface area (Å²) in [5.74, 6) is -2.29. The number of benzene rings is 1. The van der Waals surface area contributed by atoms with Crippen molar-refractivity contribution in [3.05, 3.63) is 29.8 Å². The smallest absolute Gasteiger partial charge is 0.312 e. The Labute approximate surface area is 170 Å². The summed E-state index contributed by atoms with van der Waals surface area (Å²) in [4.78, 5) is 12.4. The lowest BCUT2D eigenvalue weighted by atomic mass is 9.81. The molecule has 0 unspecified atom stereocenters. The van der Waals surface area contributed by atoms with E-state index in [4.69, 9.17) is 33.2 Å². The molecule has 1 aromatic rings. The Bertz CT molecular complexity index is 752. The summed E-state index contributed by atoms with van der Waals surface area (Å²) >= 11 is 0. The van der Waals surface area contributed by atoms with Gasteiger partial charge < -0.3 is 33.2 Å². The van der Waals surface area contributed by atoms with Crippen molar-refractivity contribution in [2.75, 3.05) is 21.3 Å². The van der Waals surface area contributed by atoms with Gasteiger partial charge in [0.2, 0.25) is 11.6 Å². The Morgan fingerprint density at radius 1 is 1.00 bits per heavy atom. The van der Waals surface area contributed by atoms with Crippen LogP contribution in [0.4, 0.5) is 0 Å². The number of methoxy groups -OCH3 is 3. The van der Waals surface area contributed by atoms with Crippen LogP contribution in [0.5, 0.6) is 5.75 Å². The van der Waals surface area contributed by atoms with Crippen LogP contribution in [0.1, 0.15) is 25.8 Å². The number of hydrogen-bond acceptors (Lipinski definition) is 8. The SMILES string of the molecule is COc1ccc(CO[C@H]2[C@H]3O[C@](C)(OC)[C@@](C)(OC)O[C@@H]3[C@H]3C[C@@H]2OC3=O)cc1. The molecule has 29 heavy (non-hydrogen) atoms. The number of fused-ring (bicyclic) bond motifs is 4. The third-order valence-corrected chi connectivity index (χ3v) is 6.39. The summed E-state index contributed by atoms with van der Waals surface area (Å²) < 4.78 is 40.8. The topological polar surface area (TPSA) is 81.7 Å². The van der Waals surface area contributed by atoms with Gasteiger partial charge in [-0.15, -0.1) is 0 Å². The summed E-state index contributed by atoms with van der Waals surface area (Å²) in [7, 11) is 4.68. The highest BCUT2D eigenvalue weighted by molar-refractivity contribution is 5.76. The molecular formula is C21H28O8. The Balaban J connectivity index is 1.57. The third-order valence-electron chi connectivity index (χ3n) is 6.39. The summed E-state index contributed by atoms with van der Waals surface area (Å²) in [5, 5.41) is 0. The van der Waals surface area contributed by atoms with E-state index in [9.17, 15) is 4.79 Å². The average molecular weight is 408 g/mol. The van der Waals surface area contributed by atoms with Gasteiger partial charge in [0.25, 0.3) is 0 Å². The van der Waals surface area contributed by atoms with Gasteiger partial charge in [0.15, 0.2) is 0 Å². The van der Waals surface area contributed by atoms with Gasteiger partial charge in [-0.1, -0.05) is 12.1 Å². The fraction of sp³-hybridized carbons (Fsp3) is 0.667. The van der Waals surface area contributed by atoms with E-state index in [2.05, 4.69) is 0 Å². The molecule has 2 aliphatic heterocycles. The van der Waals surface area contributed by atoms with Crippen LogP contribution >= 0.6 is 0 Å². The van der Waals surface area contributed by atoms with Crippen LogP contribution in [0.3, 0.4) is 0 Å². The normalized spacial score (nSPS) is 41.0. The zero-order chi connectivity index (χ0) is 20.8. The third kappa shape index (κ3) is 3.33. The predicted molar refractivity (Wildman–Crippen MR) is 100 cm³/mol. The van der Waals surface area contributed by atoms with Crippen LogP contribution in [0, 0.1) is 5.92 Å². The first-order valence-corrected chi connectivity index (χ1v) is 9.75. The fourth-order valence-electron chi connectivity index (χ4n) is 4.33. The molecule has 0 N–H and O–H groups in total. The quantitative estimate of drug-likeness (QED) is 0.662. The van der Waals surface area contributed by atoms with E-state index < -0.39 is 35.8 Å². The van der Waals surface area contributed by atoms with Crippen molar-refractivity contribution in [2.24, 2.45) is 5.92 Å². The summed E-state index contributed by atoms with van der Waals surface area (Å²) in [6, 6.07) is 7.62. The lowest BCUT2D eigenvalue weighted by molar-refractivity contribution is -0.461. The molecule has 160 valence electrons. The Morgan fingerprint density at radius 3 is 2.21 bits per heavy atom. The number of carbonyl (C=O) groups excluding carboxylic acids is 1. The maximum Gasteiger partial charge on any atom is 0.312 e. The number of esters is 1. The van der Waals surface area contributed by atoms with Crippen molar-refractivity contribution in [3.8, 4) is 5.75 Å². The van der Waals surface area contributed by atoms with E-state index in [1.807, 2.05) is 24.3 Å². The van der Waals surface area contributed by atoms with Crippen molar-refractivity contribution in [3.63, 3.8) is 0 Å². The van der Waals surface area contributed by atoms with Crippen molar-refractivity contribution in [2.45, 2.75) is 62.9 Å². The van der Waals surface area contributed by atoms with E-state index in [0.29, 0.717) is 13.0 Å². The molecule has 7 atom stereocenters. The highest BCUT2D eigenvalue weighted by atomic mass is 16.8. The van der Waals surface area contributed by atoms with Crippen LogP contribution in [0.15, 0.2) is 24.3 Å². The number of ether oxygens (including phenoxy) is 7. The molecule has 1 aromatic carbocycles. The molecule has 8 nitrogen and oxygen atoms in total. The molecule has 4 rings (SSSR count). The van der Waals surface area contributed by atoms with Crippen LogP contribution < -0.4 is 4.74 Å². The highest BCUT2D eigenvalue weighted by Crippen LogP contribution is 2.48. The van der Waals surface area contributed by atoms with Crippen molar-refractivity contribution in [1.82, 2.24) is 0 Å². The fourth-order valence-corrected chi connectivity index (χ4v) is 4.33. The van der Waals surface area contributed by atoms with Crippen molar-refractivity contribution < 1.29 is 38.0 Å². The molecule has 1 aliphatic carbocycles. The van der Waals surface area contributed by atoms with Crippen LogP contribution in [0.25, 0.3) is 0 Å². The first-order valence-electron chi connectivity index (χ1n) is 9.75. The summed E-state index contributed by atoms with van der Waals surface area (Å²) in [5.41, 5.74) is 0.974. The number of carbonyl (C=O) groups is 1. The molecule has 0 amide bonds. The Hall–Kier alpha value is -1.71. The summed E-state index contributed by atoms with van der Waals surface area (Å²) in [6.07, 6.45) is -1.42. The number of hydrogen-bond donors (Lipinski definition) is 0. The van der Waals surface area contributed by atoms with Gasteiger partial charge in [0.05, 0.1) is 19.6 Å². The maximum absolute atomic E-state index is 12.4. The van der Waals surface area contributed by atoms with E-state index >= 15 is 0 Å². The van der Waals surface area contributed by atoms with E-state index in [1.165, 1.54) is 14.2 Å². The second-order valence-corrected chi connectivity index (χ2v) is 7.91. The van der Waals surface area contributed by atoms with Gasteiger partial charge in [-0.05, 0) is 31.5 Å². The van der Waals surface area contributed by atoms with Crippen molar-refractivity contribution >= 4 is 5.97 Å². The van der Waals surface area contributed by atoms with E-state index in [0.717, 1.165) is 11.3 Å². The predicted octanol–water partition coefficient (Wildman–Crippen LogP) is 2.03. The zero-order valence-corrected chi connectivity index (χ0v) is 17.4. The minimum absolute atomic E-state index is 0.288. The van der Waals surface area contributed by atoms with Gasteiger partial charge in [0.1, 0.15) is 30.2 Å². The highest BCUT2D eigenvalue weighted by Gasteiger charge is 2.65. The van der Waals surface area contributed by atoms with Crippen LogP contribution in [0.2, 0.25) is 0 Å². The first kappa shape index (κ1) is 20.6. The number of rotatable bonds is 6.